The molecule has 7 atom stereocenters. The van der Waals surface area contributed by atoms with Gasteiger partial charge in [-0.3, -0.25) is 9.59 Å². The van der Waals surface area contributed by atoms with Gasteiger partial charge in [0.05, 0.1) is 38.0 Å². The van der Waals surface area contributed by atoms with E-state index < -0.39 is 60.5 Å². The van der Waals surface area contributed by atoms with Crippen LogP contribution in [-0.4, -0.2) is 72.2 Å². The maximum atomic E-state index is 14.6. The van der Waals surface area contributed by atoms with E-state index in [-0.39, 0.29) is 39.3 Å². The highest BCUT2D eigenvalue weighted by atomic mass is 16.7. The SMILES string of the molecule is N[C@@H](Cc1cccc(C(=O)OCc2ccccc2)c1)C(=O)N[C@@H](Cc1ccccc1)C(=O)N[C@@H]1[C@@H](OCc2ccccc2)[C@H](OCc2ccccc2)[C@@H](COCc2ccccc2)O[C@H]1O. The molecule has 1 aliphatic heterocycles. The van der Waals surface area contributed by atoms with Crippen molar-refractivity contribution in [2.45, 2.75) is 82.0 Å². The Morgan fingerprint density at radius 3 is 1.63 bits per heavy atom. The molecule has 1 fully saturated rings. The summed E-state index contributed by atoms with van der Waals surface area (Å²) in [5, 5.41) is 17.6. The molecule has 0 saturated carbocycles. The van der Waals surface area contributed by atoms with Gasteiger partial charge in [-0.1, -0.05) is 164 Å². The van der Waals surface area contributed by atoms with E-state index in [9.17, 15) is 19.5 Å². The van der Waals surface area contributed by atoms with Crippen molar-refractivity contribution in [2.24, 2.45) is 5.73 Å². The van der Waals surface area contributed by atoms with Crippen molar-refractivity contribution in [3.63, 3.8) is 0 Å². The molecular weight excluding hydrogens is 823 g/mol. The molecule has 0 radical (unpaired) electrons. The van der Waals surface area contributed by atoms with Crippen molar-refractivity contribution in [2.75, 3.05) is 6.61 Å². The van der Waals surface area contributed by atoms with E-state index in [1.165, 1.54) is 0 Å². The molecule has 0 spiro atoms. The summed E-state index contributed by atoms with van der Waals surface area (Å²) < 4.78 is 31.1. The minimum atomic E-state index is -1.55. The number of nitrogens with one attached hydrogen (secondary N) is 2. The summed E-state index contributed by atoms with van der Waals surface area (Å²) in [6.07, 6.45) is -3.94. The van der Waals surface area contributed by atoms with E-state index in [2.05, 4.69) is 10.6 Å². The van der Waals surface area contributed by atoms with Crippen LogP contribution in [0, 0.1) is 0 Å². The zero-order valence-electron chi connectivity index (χ0n) is 36.0. The molecule has 7 rings (SSSR count). The lowest BCUT2D eigenvalue weighted by Crippen LogP contribution is -2.67. The molecule has 0 unspecified atom stereocenters. The van der Waals surface area contributed by atoms with Crippen LogP contribution in [0.2, 0.25) is 0 Å². The second-order valence-electron chi connectivity index (χ2n) is 15.9. The van der Waals surface area contributed by atoms with Gasteiger partial charge in [0, 0.05) is 6.42 Å². The molecular formula is C53H55N3O9. The Bertz CT molecular complexity index is 2380. The summed E-state index contributed by atoms with van der Waals surface area (Å²) in [6.45, 7) is 0.797. The number of aliphatic hydroxyl groups is 1. The maximum Gasteiger partial charge on any atom is 0.338 e. The van der Waals surface area contributed by atoms with Gasteiger partial charge in [0.1, 0.15) is 37.0 Å². The topological polar surface area (TPSA) is 168 Å². The Morgan fingerprint density at radius 2 is 1.06 bits per heavy atom. The molecule has 6 aromatic rings. The van der Waals surface area contributed by atoms with Gasteiger partial charge >= 0.3 is 5.97 Å². The van der Waals surface area contributed by atoms with Gasteiger partial charge in [-0.05, 0) is 51.9 Å². The largest absolute Gasteiger partial charge is 0.457 e. The number of aliphatic hydroxyl groups excluding tert-OH is 1. The molecule has 1 heterocycles. The number of hydrogen-bond acceptors (Lipinski definition) is 10. The average molecular weight is 878 g/mol. The van der Waals surface area contributed by atoms with Gasteiger partial charge in [0.25, 0.3) is 0 Å². The molecule has 0 aromatic heterocycles. The average Bonchev–Trinajstić information content (AvgIpc) is 3.34. The number of amides is 2. The molecule has 0 bridgehead atoms. The van der Waals surface area contributed by atoms with E-state index in [0.717, 1.165) is 27.8 Å². The van der Waals surface area contributed by atoms with E-state index >= 15 is 0 Å². The standard InChI is InChI=1S/C53H55N3O9/c54-44(30-42-27-16-28-43(29-42)52(59)64-35-41-25-14-5-15-26-41)50(57)55-45(31-37-17-6-1-7-18-37)51(58)56-47-49(63-34-40-23-12-4-13-24-40)48(62-33-39-21-10-3-11-22-39)46(65-53(47)60)36-61-32-38-19-8-2-9-20-38/h1-29,44-49,53,60H,30-36,54H2,(H,55,57)(H,56,58)/t44-,45-,46+,47+,48+,49+,53+/m0/s1. The number of benzene rings is 6. The Kier molecular flexibility index (Phi) is 17.1. The first-order valence-corrected chi connectivity index (χ1v) is 21.8. The summed E-state index contributed by atoms with van der Waals surface area (Å²) in [5.74, 6) is -1.69. The minimum absolute atomic E-state index is 0.0552. The van der Waals surface area contributed by atoms with Crippen LogP contribution in [-0.2, 0) is 72.5 Å². The second-order valence-corrected chi connectivity index (χ2v) is 15.9. The summed E-state index contributed by atoms with van der Waals surface area (Å²) in [4.78, 5) is 41.4. The van der Waals surface area contributed by atoms with Gasteiger partial charge in [-0.2, -0.15) is 0 Å². The number of rotatable bonds is 21. The first kappa shape index (κ1) is 46.5. The van der Waals surface area contributed by atoms with Gasteiger partial charge in [-0.15, -0.1) is 0 Å². The molecule has 0 aliphatic carbocycles. The van der Waals surface area contributed by atoms with Crippen molar-refractivity contribution in [1.82, 2.24) is 10.6 Å². The third kappa shape index (κ3) is 14.0. The number of esters is 1. The van der Waals surface area contributed by atoms with Crippen molar-refractivity contribution < 1.29 is 43.2 Å². The molecule has 6 aromatic carbocycles. The zero-order chi connectivity index (χ0) is 45.2. The Balaban J connectivity index is 1.09. The van der Waals surface area contributed by atoms with Crippen LogP contribution in [0.1, 0.15) is 43.7 Å². The first-order chi connectivity index (χ1) is 31.8. The monoisotopic (exact) mass is 877 g/mol. The third-order valence-electron chi connectivity index (χ3n) is 11.0. The van der Waals surface area contributed by atoms with Gasteiger partial charge in [-0.25, -0.2) is 4.79 Å². The molecule has 65 heavy (non-hydrogen) atoms. The van der Waals surface area contributed by atoms with Crippen LogP contribution in [0.25, 0.3) is 0 Å². The quantitative estimate of drug-likeness (QED) is 0.0609. The fourth-order valence-electron chi connectivity index (χ4n) is 7.59. The summed E-state index contributed by atoms with van der Waals surface area (Å²) in [7, 11) is 0. The first-order valence-electron chi connectivity index (χ1n) is 21.8. The Morgan fingerprint density at radius 1 is 0.569 bits per heavy atom. The number of nitrogens with two attached hydrogens (primary N) is 1. The van der Waals surface area contributed by atoms with E-state index in [1.807, 2.05) is 152 Å². The molecule has 5 N–H and O–H groups in total. The van der Waals surface area contributed by atoms with Crippen LogP contribution in [0.15, 0.2) is 176 Å². The lowest BCUT2D eigenvalue weighted by Gasteiger charge is -2.45. The Hall–Kier alpha value is -6.51. The number of carbonyl (C=O) groups is 3. The highest BCUT2D eigenvalue weighted by Crippen LogP contribution is 2.28. The molecule has 1 aliphatic rings. The number of ether oxygens (including phenoxy) is 5. The van der Waals surface area contributed by atoms with Gasteiger partial charge < -0.3 is 45.2 Å². The van der Waals surface area contributed by atoms with E-state index in [4.69, 9.17) is 29.4 Å². The molecule has 1 saturated heterocycles. The number of carbonyl (C=O) groups excluding carboxylic acids is 3. The normalized spacial score (nSPS) is 19.1. The highest BCUT2D eigenvalue weighted by molar-refractivity contribution is 5.91. The number of hydrogen-bond donors (Lipinski definition) is 4. The summed E-state index contributed by atoms with van der Waals surface area (Å²) >= 11 is 0. The predicted octanol–water partition coefficient (Wildman–Crippen LogP) is 6.23. The van der Waals surface area contributed by atoms with Crippen molar-refractivity contribution in [3.8, 4) is 0 Å². The molecule has 12 nitrogen and oxygen atoms in total. The van der Waals surface area contributed by atoms with E-state index in [0.29, 0.717) is 17.7 Å². The lowest BCUT2D eigenvalue weighted by atomic mass is 9.95. The fourth-order valence-corrected chi connectivity index (χ4v) is 7.59. The smallest absolute Gasteiger partial charge is 0.338 e. The molecule has 2 amide bonds. The predicted molar refractivity (Wildman–Crippen MR) is 245 cm³/mol. The third-order valence-corrected chi connectivity index (χ3v) is 11.0. The maximum absolute atomic E-state index is 14.6. The van der Waals surface area contributed by atoms with Gasteiger partial charge in [0.2, 0.25) is 11.8 Å². The van der Waals surface area contributed by atoms with Crippen LogP contribution in [0.4, 0.5) is 0 Å². The molecule has 336 valence electrons. The van der Waals surface area contributed by atoms with Crippen molar-refractivity contribution in [3.05, 3.63) is 215 Å². The van der Waals surface area contributed by atoms with Crippen LogP contribution in [0.5, 0.6) is 0 Å². The van der Waals surface area contributed by atoms with Gasteiger partial charge in [0.15, 0.2) is 6.29 Å². The Labute approximate surface area is 379 Å². The van der Waals surface area contributed by atoms with Crippen LogP contribution in [0.3, 0.4) is 0 Å². The highest BCUT2D eigenvalue weighted by Gasteiger charge is 2.48. The fraction of sp³-hybridized carbons (Fsp3) is 0.264. The van der Waals surface area contributed by atoms with Crippen LogP contribution >= 0.6 is 0 Å². The minimum Gasteiger partial charge on any atom is -0.457 e. The van der Waals surface area contributed by atoms with Crippen LogP contribution < -0.4 is 16.4 Å². The van der Waals surface area contributed by atoms with E-state index in [1.54, 1.807) is 24.3 Å². The lowest BCUT2D eigenvalue weighted by molar-refractivity contribution is -0.278. The summed E-state index contributed by atoms with van der Waals surface area (Å²) in [6, 6.07) is 50.9. The molecule has 12 heteroatoms. The summed E-state index contributed by atoms with van der Waals surface area (Å²) in [5.41, 5.74) is 11.8. The second kappa shape index (κ2) is 24.0. The van der Waals surface area contributed by atoms with Crippen molar-refractivity contribution in [1.29, 1.82) is 0 Å². The zero-order valence-corrected chi connectivity index (χ0v) is 36.0. The van der Waals surface area contributed by atoms with Crippen molar-refractivity contribution >= 4 is 17.8 Å².